The van der Waals surface area contributed by atoms with Gasteiger partial charge in [-0.25, -0.2) is 0 Å². The number of ether oxygens (including phenoxy) is 1. The first-order valence-corrected chi connectivity index (χ1v) is 9.64. The molecule has 1 aromatic rings. The Morgan fingerprint density at radius 1 is 1.31 bits per heavy atom. The Morgan fingerprint density at radius 3 is 2.77 bits per heavy atom. The highest BCUT2D eigenvalue weighted by atomic mass is 16.5. The van der Waals surface area contributed by atoms with Crippen molar-refractivity contribution < 1.29 is 9.15 Å². The number of hydrogen-bond donors (Lipinski definition) is 2. The highest BCUT2D eigenvalue weighted by molar-refractivity contribution is 5.79. The van der Waals surface area contributed by atoms with Crippen LogP contribution in [0, 0.1) is 0 Å². The van der Waals surface area contributed by atoms with Gasteiger partial charge < -0.3 is 24.7 Å². The molecule has 0 amide bonds. The fourth-order valence-electron chi connectivity index (χ4n) is 3.26. The van der Waals surface area contributed by atoms with Crippen LogP contribution in [-0.4, -0.2) is 82.8 Å². The van der Waals surface area contributed by atoms with E-state index in [1.807, 2.05) is 13.1 Å². The first-order chi connectivity index (χ1) is 12.7. The minimum atomic E-state index is 0.244. The molecule has 0 bridgehead atoms. The summed E-state index contributed by atoms with van der Waals surface area (Å²) in [6, 6.07) is 4.28. The van der Waals surface area contributed by atoms with Crippen molar-refractivity contribution in [3.05, 3.63) is 24.2 Å². The molecule has 1 atom stereocenters. The average Bonchev–Trinajstić information content (AvgIpc) is 3.20. The Balaban J connectivity index is 1.80. The van der Waals surface area contributed by atoms with Gasteiger partial charge in [0.25, 0.3) is 0 Å². The lowest BCUT2D eigenvalue weighted by Gasteiger charge is -2.33. The van der Waals surface area contributed by atoms with Crippen molar-refractivity contribution in [1.82, 2.24) is 20.4 Å². The number of rotatable bonds is 10. The molecule has 1 aromatic heterocycles. The maximum Gasteiger partial charge on any atom is 0.191 e. The lowest BCUT2D eigenvalue weighted by atomic mass is 10.1. The second kappa shape index (κ2) is 11.9. The van der Waals surface area contributed by atoms with Crippen LogP contribution in [0.4, 0.5) is 0 Å². The quantitative estimate of drug-likeness (QED) is 0.484. The molecular formula is C19H35N5O2. The molecule has 2 rings (SSSR count). The third-order valence-electron chi connectivity index (χ3n) is 4.85. The highest BCUT2D eigenvalue weighted by Gasteiger charge is 2.24. The van der Waals surface area contributed by atoms with E-state index in [0.29, 0.717) is 0 Å². The van der Waals surface area contributed by atoms with Gasteiger partial charge in [-0.15, -0.1) is 0 Å². The number of likely N-dealkylation sites (N-methyl/N-ethyl adjacent to an activating group) is 1. The number of nitrogens with one attached hydrogen (secondary N) is 2. The van der Waals surface area contributed by atoms with E-state index in [1.165, 1.54) is 19.3 Å². The molecule has 1 fully saturated rings. The summed E-state index contributed by atoms with van der Waals surface area (Å²) >= 11 is 0. The maximum atomic E-state index is 5.70. The third-order valence-corrected chi connectivity index (χ3v) is 4.85. The van der Waals surface area contributed by atoms with Crippen molar-refractivity contribution >= 4 is 5.96 Å². The zero-order chi connectivity index (χ0) is 18.6. The zero-order valence-electron chi connectivity index (χ0n) is 16.5. The van der Waals surface area contributed by atoms with E-state index in [9.17, 15) is 0 Å². The van der Waals surface area contributed by atoms with Crippen molar-refractivity contribution in [2.45, 2.75) is 25.3 Å². The smallest absolute Gasteiger partial charge is 0.191 e. The van der Waals surface area contributed by atoms with Crippen LogP contribution in [0.25, 0.3) is 0 Å². The second-order valence-corrected chi connectivity index (χ2v) is 6.80. The number of hydrogen-bond acceptors (Lipinski definition) is 5. The molecule has 1 saturated heterocycles. The summed E-state index contributed by atoms with van der Waals surface area (Å²) < 4.78 is 10.8. The van der Waals surface area contributed by atoms with Gasteiger partial charge in [-0.3, -0.25) is 9.89 Å². The van der Waals surface area contributed by atoms with Gasteiger partial charge >= 0.3 is 0 Å². The van der Waals surface area contributed by atoms with E-state index in [2.05, 4.69) is 38.5 Å². The van der Waals surface area contributed by atoms with Crippen molar-refractivity contribution in [1.29, 1.82) is 0 Å². The summed E-state index contributed by atoms with van der Waals surface area (Å²) in [6.07, 6.45) is 5.61. The zero-order valence-corrected chi connectivity index (χ0v) is 16.5. The molecule has 0 spiro atoms. The molecule has 148 valence electrons. The van der Waals surface area contributed by atoms with Gasteiger partial charge in [0.1, 0.15) is 5.76 Å². The lowest BCUT2D eigenvalue weighted by Crippen LogP contribution is -2.45. The number of nitrogens with zero attached hydrogens (tertiary/aromatic N) is 3. The summed E-state index contributed by atoms with van der Waals surface area (Å²) in [5.74, 6) is 1.85. The molecule has 26 heavy (non-hydrogen) atoms. The molecule has 7 nitrogen and oxygen atoms in total. The van der Waals surface area contributed by atoms with Crippen molar-refractivity contribution in [3.63, 3.8) is 0 Å². The molecule has 2 heterocycles. The second-order valence-electron chi connectivity index (χ2n) is 6.80. The Labute approximate surface area is 157 Å². The Morgan fingerprint density at radius 2 is 2.12 bits per heavy atom. The Bertz CT molecular complexity index is 500. The molecule has 1 unspecified atom stereocenters. The summed E-state index contributed by atoms with van der Waals surface area (Å²) in [7, 11) is 5.64. The van der Waals surface area contributed by atoms with Crippen LogP contribution in [-0.2, 0) is 4.74 Å². The minimum absolute atomic E-state index is 0.244. The van der Waals surface area contributed by atoms with Crippen LogP contribution in [0.5, 0.6) is 0 Å². The predicted molar refractivity (Wildman–Crippen MR) is 106 cm³/mol. The van der Waals surface area contributed by atoms with E-state index < -0.39 is 0 Å². The van der Waals surface area contributed by atoms with Gasteiger partial charge in [0.2, 0.25) is 0 Å². The van der Waals surface area contributed by atoms with Crippen LogP contribution < -0.4 is 10.6 Å². The lowest BCUT2D eigenvalue weighted by molar-refractivity contribution is 0.146. The van der Waals surface area contributed by atoms with Crippen LogP contribution in [0.15, 0.2) is 27.8 Å². The maximum absolute atomic E-state index is 5.70. The molecular weight excluding hydrogens is 330 g/mol. The summed E-state index contributed by atoms with van der Waals surface area (Å²) in [4.78, 5) is 9.10. The van der Waals surface area contributed by atoms with E-state index in [4.69, 9.17) is 9.15 Å². The van der Waals surface area contributed by atoms with Crippen LogP contribution >= 0.6 is 0 Å². The van der Waals surface area contributed by atoms with Crippen molar-refractivity contribution in [2.24, 2.45) is 4.99 Å². The van der Waals surface area contributed by atoms with Gasteiger partial charge in [-0.05, 0) is 45.1 Å². The third kappa shape index (κ3) is 6.97. The molecule has 0 aliphatic carbocycles. The standard InChI is InChI=1S/C19H35N5O2/c1-20-19(21-9-12-23(2)13-15-25-3)22-16-17(18-8-7-14-26-18)24-10-5-4-6-11-24/h7-8,14,17H,4-6,9-13,15-16H2,1-3H3,(H2,20,21,22). The number of furan rings is 1. The number of likely N-dealkylation sites (tertiary alicyclic amines) is 1. The van der Waals surface area contributed by atoms with Gasteiger partial charge in [-0.1, -0.05) is 6.42 Å². The number of methoxy groups -OCH3 is 1. The predicted octanol–water partition coefficient (Wildman–Crippen LogP) is 1.55. The minimum Gasteiger partial charge on any atom is -0.468 e. The summed E-state index contributed by atoms with van der Waals surface area (Å²) in [5.41, 5.74) is 0. The molecule has 0 aromatic carbocycles. The molecule has 7 heteroatoms. The van der Waals surface area contributed by atoms with Gasteiger partial charge in [-0.2, -0.15) is 0 Å². The molecule has 0 saturated carbocycles. The Hall–Kier alpha value is -1.57. The van der Waals surface area contributed by atoms with Crippen LogP contribution in [0.1, 0.15) is 31.1 Å². The van der Waals surface area contributed by atoms with Crippen LogP contribution in [0.3, 0.4) is 0 Å². The first-order valence-electron chi connectivity index (χ1n) is 9.64. The van der Waals surface area contributed by atoms with Crippen LogP contribution in [0.2, 0.25) is 0 Å². The van der Waals surface area contributed by atoms with E-state index in [-0.39, 0.29) is 6.04 Å². The highest BCUT2D eigenvalue weighted by Crippen LogP contribution is 2.24. The SMILES string of the molecule is CN=C(NCCN(C)CCOC)NCC(c1ccco1)N1CCCCC1. The molecule has 2 N–H and O–H groups in total. The van der Waals surface area contributed by atoms with Crippen molar-refractivity contribution in [3.8, 4) is 0 Å². The number of guanidine groups is 1. The topological polar surface area (TPSA) is 65.3 Å². The number of aliphatic imine (C=N–C) groups is 1. The normalized spacial score (nSPS) is 17.5. The Kier molecular flexibility index (Phi) is 9.52. The average molecular weight is 366 g/mol. The fourth-order valence-corrected chi connectivity index (χ4v) is 3.26. The monoisotopic (exact) mass is 365 g/mol. The van der Waals surface area contributed by atoms with E-state index >= 15 is 0 Å². The fraction of sp³-hybridized carbons (Fsp3) is 0.737. The molecule has 1 aliphatic heterocycles. The first kappa shape index (κ1) is 20.7. The van der Waals surface area contributed by atoms with E-state index in [1.54, 1.807) is 13.4 Å². The van der Waals surface area contributed by atoms with Gasteiger partial charge in [0, 0.05) is 40.3 Å². The largest absolute Gasteiger partial charge is 0.468 e. The summed E-state index contributed by atoms with van der Waals surface area (Å²) in [5, 5.41) is 6.85. The van der Waals surface area contributed by atoms with Gasteiger partial charge in [0.05, 0.1) is 18.9 Å². The van der Waals surface area contributed by atoms with E-state index in [0.717, 1.165) is 57.6 Å². The summed E-state index contributed by atoms with van der Waals surface area (Å²) in [6.45, 7) is 6.51. The molecule has 1 aliphatic rings. The van der Waals surface area contributed by atoms with Crippen molar-refractivity contribution in [2.75, 3.05) is 67.1 Å². The number of piperidine rings is 1. The molecule has 0 radical (unpaired) electrons. The van der Waals surface area contributed by atoms with Gasteiger partial charge in [0.15, 0.2) is 5.96 Å².